The van der Waals surface area contributed by atoms with Crippen LogP contribution in [0.5, 0.6) is 0 Å². The third-order valence-corrected chi connectivity index (χ3v) is 4.55. The molecule has 1 rings (SSSR count). The summed E-state index contributed by atoms with van der Waals surface area (Å²) >= 11 is 0. The Morgan fingerprint density at radius 3 is 2.30 bits per heavy atom. The fraction of sp³-hybridized carbons (Fsp3) is 0.467. The number of rotatable bonds is 5. The average molecular weight is 295 g/mol. The maximum absolute atomic E-state index is 12.1. The summed E-state index contributed by atoms with van der Waals surface area (Å²) in [7, 11) is -3.48. The van der Waals surface area contributed by atoms with Gasteiger partial charge in [-0.25, -0.2) is 13.1 Å². The lowest BCUT2D eigenvalue weighted by molar-refractivity contribution is 0.305. The van der Waals surface area contributed by atoms with Gasteiger partial charge in [0.1, 0.15) is 0 Å². The summed E-state index contributed by atoms with van der Waals surface area (Å²) in [5, 5.41) is 8.63. The Morgan fingerprint density at radius 2 is 1.80 bits per heavy atom. The smallest absolute Gasteiger partial charge is 0.240 e. The molecule has 1 aromatic carbocycles. The van der Waals surface area contributed by atoms with E-state index in [-0.39, 0.29) is 23.5 Å². The van der Waals surface area contributed by atoms with E-state index >= 15 is 0 Å². The second-order valence-corrected chi connectivity index (χ2v) is 6.67. The van der Waals surface area contributed by atoms with Crippen molar-refractivity contribution in [1.82, 2.24) is 4.72 Å². The summed E-state index contributed by atoms with van der Waals surface area (Å²) < 4.78 is 26.9. The zero-order chi connectivity index (χ0) is 15.2. The van der Waals surface area contributed by atoms with Crippen LogP contribution in [0.4, 0.5) is 0 Å². The molecule has 0 radical (unpaired) electrons. The molecule has 0 aliphatic rings. The standard InChI is InChI=1S/C15H21NO3S/c1-12(2)13(3)16-20(18,19)15-9-7-14(8-10-15)6-4-5-11-17/h7-10,12-13,16-17H,5,11H2,1-3H3. The molecule has 1 unspecified atom stereocenters. The minimum absolute atomic E-state index is 0.0243. The van der Waals surface area contributed by atoms with Crippen molar-refractivity contribution < 1.29 is 13.5 Å². The number of hydrogen-bond acceptors (Lipinski definition) is 3. The Kier molecular flexibility index (Phi) is 6.21. The van der Waals surface area contributed by atoms with Crippen LogP contribution in [0.3, 0.4) is 0 Å². The molecule has 0 saturated heterocycles. The van der Waals surface area contributed by atoms with Gasteiger partial charge >= 0.3 is 0 Å². The third-order valence-electron chi connectivity index (χ3n) is 2.98. The van der Waals surface area contributed by atoms with E-state index in [9.17, 15) is 8.42 Å². The zero-order valence-electron chi connectivity index (χ0n) is 12.1. The lowest BCUT2D eigenvalue weighted by Gasteiger charge is -2.17. The van der Waals surface area contributed by atoms with Crippen LogP contribution in [0.2, 0.25) is 0 Å². The van der Waals surface area contributed by atoms with E-state index < -0.39 is 10.0 Å². The molecule has 1 aromatic rings. The Balaban J connectivity index is 2.85. The second kappa shape index (κ2) is 7.44. The molecule has 0 saturated carbocycles. The predicted octanol–water partition coefficient (Wildman–Crippen LogP) is 1.74. The van der Waals surface area contributed by atoms with Crippen molar-refractivity contribution >= 4 is 10.0 Å². The van der Waals surface area contributed by atoms with Crippen LogP contribution in [0, 0.1) is 17.8 Å². The highest BCUT2D eigenvalue weighted by Crippen LogP contribution is 2.12. The van der Waals surface area contributed by atoms with Crippen molar-refractivity contribution in [3.8, 4) is 11.8 Å². The van der Waals surface area contributed by atoms with E-state index in [4.69, 9.17) is 5.11 Å². The van der Waals surface area contributed by atoms with Gasteiger partial charge in [-0.2, -0.15) is 0 Å². The molecule has 0 amide bonds. The normalized spacial score (nSPS) is 12.8. The van der Waals surface area contributed by atoms with Gasteiger partial charge in [0, 0.05) is 18.0 Å². The Bertz CT molecular complexity index is 580. The van der Waals surface area contributed by atoms with Crippen LogP contribution in [-0.4, -0.2) is 26.2 Å². The van der Waals surface area contributed by atoms with Gasteiger partial charge in [0.15, 0.2) is 0 Å². The first kappa shape index (κ1) is 16.7. The summed E-state index contributed by atoms with van der Waals surface area (Å²) in [6.07, 6.45) is 0.410. The second-order valence-electron chi connectivity index (χ2n) is 4.95. The average Bonchev–Trinajstić information content (AvgIpc) is 2.39. The Morgan fingerprint density at radius 1 is 1.20 bits per heavy atom. The van der Waals surface area contributed by atoms with Gasteiger partial charge in [-0.3, -0.25) is 0 Å². The molecular weight excluding hydrogens is 274 g/mol. The number of hydrogen-bond donors (Lipinski definition) is 2. The molecule has 0 aliphatic carbocycles. The van der Waals surface area contributed by atoms with Gasteiger partial charge in [-0.05, 0) is 37.1 Å². The van der Waals surface area contributed by atoms with Gasteiger partial charge in [0.25, 0.3) is 0 Å². The minimum atomic E-state index is -3.48. The van der Waals surface area contributed by atoms with E-state index in [0.717, 1.165) is 5.56 Å². The lowest BCUT2D eigenvalue weighted by Crippen LogP contribution is -2.36. The van der Waals surface area contributed by atoms with E-state index in [1.54, 1.807) is 24.3 Å². The maximum atomic E-state index is 12.1. The van der Waals surface area contributed by atoms with Crippen LogP contribution in [0.15, 0.2) is 29.2 Å². The number of aliphatic hydroxyl groups is 1. The fourth-order valence-corrected chi connectivity index (χ4v) is 2.78. The van der Waals surface area contributed by atoms with Gasteiger partial charge in [-0.15, -0.1) is 0 Å². The molecule has 0 heterocycles. The van der Waals surface area contributed by atoms with Crippen molar-refractivity contribution in [3.63, 3.8) is 0 Å². The first-order valence-corrected chi connectivity index (χ1v) is 8.07. The van der Waals surface area contributed by atoms with E-state index in [1.165, 1.54) is 0 Å². The fourth-order valence-electron chi connectivity index (χ4n) is 1.39. The molecule has 2 N–H and O–H groups in total. The van der Waals surface area contributed by atoms with Crippen molar-refractivity contribution in [2.45, 2.75) is 38.1 Å². The molecule has 0 aromatic heterocycles. The third kappa shape index (κ3) is 4.97. The highest BCUT2D eigenvalue weighted by atomic mass is 32.2. The van der Waals surface area contributed by atoms with Crippen molar-refractivity contribution in [1.29, 1.82) is 0 Å². The summed E-state index contributed by atoms with van der Waals surface area (Å²) in [6.45, 7) is 5.80. The molecule has 110 valence electrons. The maximum Gasteiger partial charge on any atom is 0.240 e. The Hall–Kier alpha value is -1.35. The molecule has 0 spiro atoms. The van der Waals surface area contributed by atoms with Gasteiger partial charge in [0.05, 0.1) is 11.5 Å². The molecule has 0 bridgehead atoms. The van der Waals surface area contributed by atoms with E-state index in [0.29, 0.717) is 6.42 Å². The van der Waals surface area contributed by atoms with E-state index in [2.05, 4.69) is 16.6 Å². The molecule has 20 heavy (non-hydrogen) atoms. The van der Waals surface area contributed by atoms with Crippen LogP contribution >= 0.6 is 0 Å². The summed E-state index contributed by atoms with van der Waals surface area (Å²) in [5.74, 6) is 5.88. The molecule has 1 atom stereocenters. The highest BCUT2D eigenvalue weighted by Gasteiger charge is 2.18. The molecule has 0 fully saturated rings. The van der Waals surface area contributed by atoms with Crippen molar-refractivity contribution in [3.05, 3.63) is 29.8 Å². The first-order valence-electron chi connectivity index (χ1n) is 6.59. The zero-order valence-corrected chi connectivity index (χ0v) is 12.9. The van der Waals surface area contributed by atoms with Crippen LogP contribution in [0.1, 0.15) is 32.8 Å². The monoisotopic (exact) mass is 295 g/mol. The molecule has 4 nitrogen and oxygen atoms in total. The SMILES string of the molecule is CC(C)C(C)NS(=O)(=O)c1ccc(C#CCCO)cc1. The minimum Gasteiger partial charge on any atom is -0.395 e. The predicted molar refractivity (Wildman–Crippen MR) is 79.6 cm³/mol. The highest BCUT2D eigenvalue weighted by molar-refractivity contribution is 7.89. The molecule has 0 aliphatic heterocycles. The largest absolute Gasteiger partial charge is 0.395 e. The van der Waals surface area contributed by atoms with Crippen LogP contribution < -0.4 is 4.72 Å². The lowest BCUT2D eigenvalue weighted by atomic mass is 10.1. The number of aliphatic hydroxyl groups excluding tert-OH is 1. The molecular formula is C15H21NO3S. The summed E-state index contributed by atoms with van der Waals surface area (Å²) in [4.78, 5) is 0.234. The number of benzene rings is 1. The van der Waals surface area contributed by atoms with Crippen molar-refractivity contribution in [2.75, 3.05) is 6.61 Å². The number of nitrogens with one attached hydrogen (secondary N) is 1. The van der Waals surface area contributed by atoms with Crippen LogP contribution in [0.25, 0.3) is 0 Å². The van der Waals surface area contributed by atoms with E-state index in [1.807, 2.05) is 20.8 Å². The van der Waals surface area contributed by atoms with Gasteiger partial charge in [-0.1, -0.05) is 25.7 Å². The van der Waals surface area contributed by atoms with Crippen LogP contribution in [-0.2, 0) is 10.0 Å². The van der Waals surface area contributed by atoms with Gasteiger partial charge < -0.3 is 5.11 Å². The Labute approximate surface area is 121 Å². The quantitative estimate of drug-likeness (QED) is 0.813. The first-order chi connectivity index (χ1) is 9.36. The van der Waals surface area contributed by atoms with Gasteiger partial charge in [0.2, 0.25) is 10.0 Å². The number of sulfonamides is 1. The van der Waals surface area contributed by atoms with Crippen molar-refractivity contribution in [2.24, 2.45) is 5.92 Å². The summed E-state index contributed by atoms with van der Waals surface area (Å²) in [6, 6.07) is 6.29. The summed E-state index contributed by atoms with van der Waals surface area (Å²) in [5.41, 5.74) is 0.731. The molecule has 5 heteroatoms. The topological polar surface area (TPSA) is 66.4 Å².